The maximum absolute atomic E-state index is 13.0. The second kappa shape index (κ2) is 7.58. The standard InChI is InChI=1S/C18H20FNO/c1-3-21-18(16-9-11-17(19)12-10-16)20-14(2)13-15-7-5-4-6-8-15/h4-12,14H,3,13H2,1-2H3/b20-18+. The van der Waals surface area contributed by atoms with E-state index >= 15 is 0 Å². The topological polar surface area (TPSA) is 21.6 Å². The zero-order chi connectivity index (χ0) is 15.1. The fraction of sp³-hybridized carbons (Fsp3) is 0.278. The normalized spacial score (nSPS) is 13.0. The maximum Gasteiger partial charge on any atom is 0.216 e. The van der Waals surface area contributed by atoms with Gasteiger partial charge in [-0.15, -0.1) is 0 Å². The first-order chi connectivity index (χ1) is 10.2. The second-order valence-electron chi connectivity index (χ2n) is 4.91. The molecule has 0 bridgehead atoms. The molecule has 2 aromatic carbocycles. The van der Waals surface area contributed by atoms with Crippen molar-refractivity contribution in [1.29, 1.82) is 0 Å². The van der Waals surface area contributed by atoms with Gasteiger partial charge >= 0.3 is 0 Å². The third kappa shape index (κ3) is 4.71. The van der Waals surface area contributed by atoms with E-state index in [4.69, 9.17) is 4.74 Å². The van der Waals surface area contributed by atoms with E-state index in [1.54, 1.807) is 12.1 Å². The van der Waals surface area contributed by atoms with Crippen LogP contribution in [0.15, 0.2) is 59.6 Å². The summed E-state index contributed by atoms with van der Waals surface area (Å²) in [5.74, 6) is 0.313. The van der Waals surface area contributed by atoms with Crippen LogP contribution in [0.3, 0.4) is 0 Å². The van der Waals surface area contributed by atoms with Crippen LogP contribution in [0.25, 0.3) is 0 Å². The SMILES string of the molecule is CCO/C(=N/C(C)Cc1ccccc1)c1ccc(F)cc1. The van der Waals surface area contributed by atoms with Crippen LogP contribution in [0.1, 0.15) is 25.0 Å². The second-order valence-corrected chi connectivity index (χ2v) is 4.91. The molecule has 0 N–H and O–H groups in total. The molecule has 3 heteroatoms. The quantitative estimate of drug-likeness (QED) is 0.595. The summed E-state index contributed by atoms with van der Waals surface area (Å²) in [7, 11) is 0. The number of nitrogens with zero attached hydrogens (tertiary/aromatic N) is 1. The lowest BCUT2D eigenvalue weighted by atomic mass is 10.1. The molecule has 0 fully saturated rings. The Morgan fingerprint density at radius 3 is 2.38 bits per heavy atom. The summed E-state index contributed by atoms with van der Waals surface area (Å²) in [6, 6.07) is 16.6. The Bertz CT molecular complexity index is 578. The molecule has 2 nitrogen and oxygen atoms in total. The fourth-order valence-corrected chi connectivity index (χ4v) is 2.13. The molecule has 0 aliphatic rings. The maximum atomic E-state index is 13.0. The smallest absolute Gasteiger partial charge is 0.216 e. The van der Waals surface area contributed by atoms with Gasteiger partial charge in [-0.1, -0.05) is 30.3 Å². The zero-order valence-corrected chi connectivity index (χ0v) is 12.4. The van der Waals surface area contributed by atoms with Crippen LogP contribution in [0.5, 0.6) is 0 Å². The molecule has 1 atom stereocenters. The number of hydrogen-bond acceptors (Lipinski definition) is 2. The fourth-order valence-electron chi connectivity index (χ4n) is 2.13. The molecule has 0 aromatic heterocycles. The number of aliphatic imine (C=N–C) groups is 1. The average molecular weight is 285 g/mol. The molecule has 0 saturated heterocycles. The first-order valence-electron chi connectivity index (χ1n) is 7.19. The largest absolute Gasteiger partial charge is 0.478 e. The van der Waals surface area contributed by atoms with Crippen molar-refractivity contribution in [3.05, 3.63) is 71.5 Å². The van der Waals surface area contributed by atoms with Gasteiger partial charge in [0.15, 0.2) is 0 Å². The summed E-state index contributed by atoms with van der Waals surface area (Å²) in [5, 5.41) is 0. The average Bonchev–Trinajstić information content (AvgIpc) is 2.48. The summed E-state index contributed by atoms with van der Waals surface area (Å²) in [4.78, 5) is 4.63. The number of halogens is 1. The van der Waals surface area contributed by atoms with E-state index in [1.807, 2.05) is 25.1 Å². The predicted octanol–water partition coefficient (Wildman–Crippen LogP) is 4.24. The molecule has 0 aliphatic carbocycles. The van der Waals surface area contributed by atoms with E-state index in [1.165, 1.54) is 17.7 Å². The highest BCUT2D eigenvalue weighted by Gasteiger charge is 2.08. The van der Waals surface area contributed by atoms with Crippen LogP contribution in [-0.4, -0.2) is 18.5 Å². The minimum Gasteiger partial charge on any atom is -0.478 e. The Kier molecular flexibility index (Phi) is 5.50. The highest BCUT2D eigenvalue weighted by molar-refractivity contribution is 5.94. The van der Waals surface area contributed by atoms with E-state index in [0.29, 0.717) is 12.5 Å². The zero-order valence-electron chi connectivity index (χ0n) is 12.4. The number of rotatable bonds is 5. The highest BCUT2D eigenvalue weighted by Crippen LogP contribution is 2.10. The van der Waals surface area contributed by atoms with Gasteiger partial charge in [0.05, 0.1) is 12.6 Å². The first-order valence-corrected chi connectivity index (χ1v) is 7.19. The molecule has 0 amide bonds. The van der Waals surface area contributed by atoms with Crippen LogP contribution in [-0.2, 0) is 11.2 Å². The minimum atomic E-state index is -0.257. The third-order valence-corrected chi connectivity index (χ3v) is 3.08. The molecule has 21 heavy (non-hydrogen) atoms. The molecule has 0 saturated carbocycles. The van der Waals surface area contributed by atoms with Gasteiger partial charge in [0, 0.05) is 5.56 Å². The molecular formula is C18H20FNO. The minimum absolute atomic E-state index is 0.0963. The Morgan fingerprint density at radius 2 is 1.76 bits per heavy atom. The van der Waals surface area contributed by atoms with Crippen molar-refractivity contribution in [2.75, 3.05) is 6.61 Å². The van der Waals surface area contributed by atoms with E-state index in [-0.39, 0.29) is 11.9 Å². The van der Waals surface area contributed by atoms with Gasteiger partial charge in [-0.2, -0.15) is 0 Å². The van der Waals surface area contributed by atoms with Crippen molar-refractivity contribution < 1.29 is 9.13 Å². The van der Waals surface area contributed by atoms with Crippen molar-refractivity contribution in [1.82, 2.24) is 0 Å². The summed E-state index contributed by atoms with van der Waals surface area (Å²) in [5.41, 5.74) is 2.04. The lowest BCUT2D eigenvalue weighted by Gasteiger charge is -2.12. The van der Waals surface area contributed by atoms with Crippen molar-refractivity contribution >= 4 is 5.90 Å². The Hall–Kier alpha value is -2.16. The predicted molar refractivity (Wildman–Crippen MR) is 84.2 cm³/mol. The van der Waals surface area contributed by atoms with Gasteiger partial charge in [0.1, 0.15) is 5.82 Å². The molecule has 110 valence electrons. The van der Waals surface area contributed by atoms with E-state index < -0.39 is 0 Å². The molecule has 2 rings (SSSR count). The number of hydrogen-bond donors (Lipinski definition) is 0. The van der Waals surface area contributed by atoms with Gasteiger partial charge in [0.25, 0.3) is 0 Å². The monoisotopic (exact) mass is 285 g/mol. The van der Waals surface area contributed by atoms with Gasteiger partial charge in [-0.05, 0) is 50.1 Å². The number of benzene rings is 2. The van der Waals surface area contributed by atoms with E-state index in [9.17, 15) is 4.39 Å². The molecule has 0 radical (unpaired) electrons. The van der Waals surface area contributed by atoms with Crippen molar-refractivity contribution in [2.24, 2.45) is 4.99 Å². The van der Waals surface area contributed by atoms with E-state index in [2.05, 4.69) is 24.0 Å². The van der Waals surface area contributed by atoms with Crippen molar-refractivity contribution in [3.63, 3.8) is 0 Å². The van der Waals surface area contributed by atoms with E-state index in [0.717, 1.165) is 12.0 Å². The number of ether oxygens (including phenoxy) is 1. The van der Waals surface area contributed by atoms with Gasteiger partial charge in [0.2, 0.25) is 5.90 Å². The summed E-state index contributed by atoms with van der Waals surface area (Å²) in [6.45, 7) is 4.50. The highest BCUT2D eigenvalue weighted by atomic mass is 19.1. The molecule has 0 aliphatic heterocycles. The first kappa shape index (κ1) is 15.2. The van der Waals surface area contributed by atoms with Crippen LogP contribution in [0.4, 0.5) is 4.39 Å². The lowest BCUT2D eigenvalue weighted by molar-refractivity contribution is 0.325. The lowest BCUT2D eigenvalue weighted by Crippen LogP contribution is -2.13. The molecule has 1 unspecified atom stereocenters. The van der Waals surface area contributed by atoms with Crippen molar-refractivity contribution in [2.45, 2.75) is 26.3 Å². The Labute approximate surface area is 125 Å². The van der Waals surface area contributed by atoms with Gasteiger partial charge in [-0.25, -0.2) is 9.38 Å². The molecule has 2 aromatic rings. The molecular weight excluding hydrogens is 265 g/mol. The Morgan fingerprint density at radius 1 is 1.10 bits per heavy atom. The third-order valence-electron chi connectivity index (χ3n) is 3.08. The summed E-state index contributed by atoms with van der Waals surface area (Å²) in [6.07, 6.45) is 0.846. The van der Waals surface area contributed by atoms with Gasteiger partial charge in [-0.3, -0.25) is 0 Å². The van der Waals surface area contributed by atoms with Crippen molar-refractivity contribution in [3.8, 4) is 0 Å². The molecule has 0 heterocycles. The Balaban J connectivity index is 2.14. The summed E-state index contributed by atoms with van der Waals surface area (Å²) >= 11 is 0. The van der Waals surface area contributed by atoms with Gasteiger partial charge < -0.3 is 4.74 Å². The summed E-state index contributed by atoms with van der Waals surface area (Å²) < 4.78 is 18.6. The molecule has 0 spiro atoms. The van der Waals surface area contributed by atoms with Crippen LogP contribution in [0, 0.1) is 5.82 Å². The van der Waals surface area contributed by atoms with Crippen LogP contribution in [0.2, 0.25) is 0 Å². The van der Waals surface area contributed by atoms with Crippen LogP contribution >= 0.6 is 0 Å². The van der Waals surface area contributed by atoms with Crippen LogP contribution < -0.4 is 0 Å².